The van der Waals surface area contributed by atoms with E-state index >= 15 is 0 Å². The number of carbonyl (C=O) groups excluding carboxylic acids is 1. The average Bonchev–Trinajstić information content (AvgIpc) is 2.88. The number of nitrogens with one attached hydrogen (secondary N) is 1. The Hall–Kier alpha value is -4.28. The van der Waals surface area contributed by atoms with Gasteiger partial charge in [0.15, 0.2) is 12.4 Å². The highest BCUT2D eigenvalue weighted by Crippen LogP contribution is 2.34. The van der Waals surface area contributed by atoms with Crippen LogP contribution >= 0.6 is 0 Å². The summed E-state index contributed by atoms with van der Waals surface area (Å²) in [6.45, 7) is 6.56. The molecule has 37 heavy (non-hydrogen) atoms. The number of likely N-dealkylation sites (N-methyl/N-ethyl adjacent to an activating group) is 1. The quantitative estimate of drug-likeness (QED) is 0.446. The van der Waals surface area contributed by atoms with Crippen molar-refractivity contribution in [2.75, 3.05) is 32.5 Å². The third kappa shape index (κ3) is 5.60. The van der Waals surface area contributed by atoms with Crippen molar-refractivity contribution in [1.29, 1.82) is 0 Å². The zero-order chi connectivity index (χ0) is 26.5. The zero-order valence-corrected chi connectivity index (χ0v) is 21.3. The number of amides is 1. The van der Waals surface area contributed by atoms with Crippen molar-refractivity contribution in [1.82, 2.24) is 25.2 Å². The minimum absolute atomic E-state index is 0.141. The number of amidine groups is 1. The maximum atomic E-state index is 14.4. The first kappa shape index (κ1) is 25.8. The molecule has 4 rings (SSSR count). The molecule has 11 heteroatoms. The molecule has 3 aromatic rings. The van der Waals surface area contributed by atoms with Crippen LogP contribution in [0.15, 0.2) is 41.6 Å². The number of nitrogens with zero attached hydrogens (tertiary/aromatic N) is 5. The summed E-state index contributed by atoms with van der Waals surface area (Å²) in [5.74, 6) is 0.359. The van der Waals surface area contributed by atoms with Gasteiger partial charge in [0.2, 0.25) is 11.8 Å². The highest BCUT2D eigenvalue weighted by atomic mass is 19.1. The van der Waals surface area contributed by atoms with Gasteiger partial charge >= 0.3 is 0 Å². The second kappa shape index (κ2) is 11.2. The van der Waals surface area contributed by atoms with Gasteiger partial charge in [-0.2, -0.15) is 0 Å². The van der Waals surface area contributed by atoms with Gasteiger partial charge in [-0.3, -0.25) is 4.79 Å². The van der Waals surface area contributed by atoms with E-state index < -0.39 is 5.82 Å². The Balaban J connectivity index is 1.73. The lowest BCUT2D eigenvalue weighted by Crippen LogP contribution is -2.38. The number of nitrogens with two attached hydrogens (primary N) is 1. The lowest BCUT2D eigenvalue weighted by Gasteiger charge is -2.29. The molecule has 3 N–H and O–H groups in total. The van der Waals surface area contributed by atoms with Crippen molar-refractivity contribution in [2.45, 2.75) is 33.2 Å². The van der Waals surface area contributed by atoms with E-state index in [1.807, 2.05) is 13.8 Å². The molecule has 1 aliphatic rings. The molecule has 0 saturated heterocycles. The van der Waals surface area contributed by atoms with Crippen LogP contribution in [0.4, 0.5) is 10.3 Å². The second-order valence-corrected chi connectivity index (χ2v) is 8.47. The molecule has 2 aromatic heterocycles. The molecule has 0 radical (unpaired) electrons. The van der Waals surface area contributed by atoms with Gasteiger partial charge in [0.25, 0.3) is 5.91 Å². The van der Waals surface area contributed by atoms with Crippen LogP contribution in [-0.4, -0.2) is 58.4 Å². The normalized spacial score (nSPS) is 15.6. The van der Waals surface area contributed by atoms with Gasteiger partial charge in [0.1, 0.15) is 5.82 Å². The van der Waals surface area contributed by atoms with Crippen LogP contribution in [0.2, 0.25) is 0 Å². The average molecular weight is 508 g/mol. The van der Waals surface area contributed by atoms with E-state index in [2.05, 4.69) is 25.4 Å². The van der Waals surface area contributed by atoms with Crippen LogP contribution in [0.5, 0.6) is 5.88 Å². The first-order valence-electron chi connectivity index (χ1n) is 12.0. The Bertz CT molecular complexity index is 1330. The minimum Gasteiger partial charge on any atom is -0.481 e. The maximum absolute atomic E-state index is 14.4. The standard InChI is InChI=1S/C26H30FN7O3/c1-5-34(6-2)23(35)14-37-33-25-24-15(3)29-26(28)32-21(24)13-20(31-25)17-11-10-16(27)12-18(17)19-8-7-9-22(30-19)36-4/h7-12,20H,5-6,13-14H2,1-4H3,(H,31,33)(H2,28,29,32). The Labute approximate surface area is 214 Å². The summed E-state index contributed by atoms with van der Waals surface area (Å²) in [4.78, 5) is 32.7. The highest BCUT2D eigenvalue weighted by molar-refractivity contribution is 6.01. The first-order valence-corrected chi connectivity index (χ1v) is 12.0. The maximum Gasteiger partial charge on any atom is 0.263 e. The summed E-state index contributed by atoms with van der Waals surface area (Å²) in [6.07, 6.45) is 0.433. The molecule has 0 spiro atoms. The number of methoxy groups -OCH3 is 1. The minimum atomic E-state index is -0.394. The SMILES string of the molecule is CCN(CC)C(=O)CO/N=C1\NC(c2ccc(F)cc2-c2cccc(OC)n2)Cc2nc(N)nc(C)c21. The largest absolute Gasteiger partial charge is 0.481 e. The summed E-state index contributed by atoms with van der Waals surface area (Å²) in [6, 6.07) is 9.47. The number of aromatic nitrogens is 3. The third-order valence-electron chi connectivity index (χ3n) is 6.19. The second-order valence-electron chi connectivity index (χ2n) is 8.47. The molecule has 1 unspecified atom stereocenters. The van der Waals surface area contributed by atoms with Crippen LogP contribution in [0.1, 0.15) is 42.4 Å². The molecule has 1 aromatic carbocycles. The third-order valence-corrected chi connectivity index (χ3v) is 6.19. The van der Waals surface area contributed by atoms with Crippen LogP contribution < -0.4 is 15.8 Å². The Morgan fingerprint density at radius 2 is 2.00 bits per heavy atom. The molecular weight excluding hydrogens is 477 g/mol. The fraction of sp³-hybridized carbons (Fsp3) is 0.346. The van der Waals surface area contributed by atoms with Gasteiger partial charge in [-0.1, -0.05) is 17.3 Å². The molecule has 1 amide bonds. The molecule has 3 heterocycles. The van der Waals surface area contributed by atoms with Gasteiger partial charge in [0.05, 0.1) is 35.8 Å². The Morgan fingerprint density at radius 1 is 1.22 bits per heavy atom. The Morgan fingerprint density at radius 3 is 2.73 bits per heavy atom. The van der Waals surface area contributed by atoms with Gasteiger partial charge in [-0.25, -0.2) is 19.3 Å². The van der Waals surface area contributed by atoms with Crippen molar-refractivity contribution in [3.8, 4) is 17.1 Å². The van der Waals surface area contributed by atoms with E-state index in [0.29, 0.717) is 59.4 Å². The predicted molar refractivity (Wildman–Crippen MR) is 137 cm³/mol. The zero-order valence-electron chi connectivity index (χ0n) is 21.3. The number of aryl methyl sites for hydroxylation is 1. The molecule has 0 aliphatic carbocycles. The lowest BCUT2D eigenvalue weighted by molar-refractivity contribution is -0.135. The molecule has 0 fully saturated rings. The fourth-order valence-corrected chi connectivity index (χ4v) is 4.41. The number of fused-ring (bicyclic) bond motifs is 1. The van der Waals surface area contributed by atoms with Crippen molar-refractivity contribution in [2.24, 2.45) is 5.16 Å². The molecular formula is C26H30FN7O3. The number of hydrogen-bond acceptors (Lipinski definition) is 8. The van der Waals surface area contributed by atoms with E-state index in [1.165, 1.54) is 19.2 Å². The highest BCUT2D eigenvalue weighted by Gasteiger charge is 2.30. The summed E-state index contributed by atoms with van der Waals surface area (Å²) in [7, 11) is 1.53. The van der Waals surface area contributed by atoms with E-state index in [0.717, 1.165) is 5.56 Å². The number of anilines is 1. The van der Waals surface area contributed by atoms with Gasteiger partial charge in [-0.15, -0.1) is 0 Å². The first-order chi connectivity index (χ1) is 17.8. The summed E-state index contributed by atoms with van der Waals surface area (Å²) < 4.78 is 19.6. The topological polar surface area (TPSA) is 128 Å². The van der Waals surface area contributed by atoms with Crippen LogP contribution in [-0.2, 0) is 16.1 Å². The molecule has 1 atom stereocenters. The van der Waals surface area contributed by atoms with E-state index in [-0.39, 0.29) is 24.5 Å². The molecule has 10 nitrogen and oxygen atoms in total. The summed E-state index contributed by atoms with van der Waals surface area (Å²) in [5, 5.41) is 7.63. The molecule has 194 valence electrons. The summed E-state index contributed by atoms with van der Waals surface area (Å²) in [5.41, 5.74) is 9.82. The van der Waals surface area contributed by atoms with Crippen LogP contribution in [0.3, 0.4) is 0 Å². The number of pyridine rings is 1. The van der Waals surface area contributed by atoms with Crippen LogP contribution in [0, 0.1) is 12.7 Å². The van der Waals surface area contributed by atoms with Crippen LogP contribution in [0.25, 0.3) is 11.3 Å². The smallest absolute Gasteiger partial charge is 0.263 e. The molecule has 0 saturated carbocycles. The van der Waals surface area contributed by atoms with E-state index in [9.17, 15) is 9.18 Å². The number of carbonyl (C=O) groups is 1. The van der Waals surface area contributed by atoms with E-state index in [4.69, 9.17) is 15.3 Å². The van der Waals surface area contributed by atoms with Crippen molar-refractivity contribution < 1.29 is 18.8 Å². The van der Waals surface area contributed by atoms with Crippen molar-refractivity contribution in [3.05, 3.63) is 64.7 Å². The van der Waals surface area contributed by atoms with Crippen molar-refractivity contribution >= 4 is 17.7 Å². The van der Waals surface area contributed by atoms with Gasteiger partial charge < -0.3 is 25.5 Å². The number of benzene rings is 1. The predicted octanol–water partition coefficient (Wildman–Crippen LogP) is 3.01. The van der Waals surface area contributed by atoms with Crippen molar-refractivity contribution in [3.63, 3.8) is 0 Å². The number of halogens is 1. The number of nitrogen functional groups attached to an aromatic ring is 1. The van der Waals surface area contributed by atoms with E-state index in [1.54, 1.807) is 36.1 Å². The van der Waals surface area contributed by atoms with Gasteiger partial charge in [0, 0.05) is 31.1 Å². The monoisotopic (exact) mass is 507 g/mol. The number of ether oxygens (including phenoxy) is 1. The number of oxime groups is 1. The summed E-state index contributed by atoms with van der Waals surface area (Å²) >= 11 is 0. The van der Waals surface area contributed by atoms with Gasteiger partial charge in [-0.05, 0) is 44.5 Å². The Kier molecular flexibility index (Phi) is 7.80. The lowest BCUT2D eigenvalue weighted by atomic mass is 9.90. The number of rotatable bonds is 8. The molecule has 1 aliphatic heterocycles. The number of hydrogen-bond donors (Lipinski definition) is 2. The molecule has 0 bridgehead atoms. The fourth-order valence-electron chi connectivity index (χ4n) is 4.41.